The van der Waals surface area contributed by atoms with E-state index < -0.39 is 0 Å². The van der Waals surface area contributed by atoms with Crippen molar-refractivity contribution >= 4 is 17.6 Å². The van der Waals surface area contributed by atoms with Crippen molar-refractivity contribution in [2.75, 3.05) is 25.2 Å². The molecule has 68 valence electrons. The number of ether oxygens (including phenoxy) is 1. The Labute approximate surface area is 75.9 Å². The molecule has 1 rings (SSSR count). The van der Waals surface area contributed by atoms with E-state index in [1.807, 2.05) is 0 Å². The molecule has 0 aliphatic heterocycles. The van der Waals surface area contributed by atoms with Crippen LogP contribution >= 0.6 is 11.8 Å². The summed E-state index contributed by atoms with van der Waals surface area (Å²) in [5.74, 6) is 1.66. The highest BCUT2D eigenvalue weighted by atomic mass is 32.2. The smallest absolute Gasteiger partial charge is 0.132 e. The fourth-order valence-corrected chi connectivity index (χ4v) is 1.60. The molecule has 0 saturated heterocycles. The normalized spacial score (nSPS) is 10.4. The minimum absolute atomic E-state index is 0.650. The van der Waals surface area contributed by atoms with Gasteiger partial charge in [0.05, 0.1) is 11.1 Å². The molecule has 1 aromatic heterocycles. The maximum atomic E-state index is 5.59. The molecule has 1 heterocycles. The fraction of sp³-hybridized carbons (Fsp3) is 0.571. The summed E-state index contributed by atoms with van der Waals surface area (Å²) in [5, 5.41) is 6.50. The van der Waals surface area contributed by atoms with Crippen molar-refractivity contribution in [2.24, 2.45) is 0 Å². The molecule has 0 unspecified atom stereocenters. The molecule has 0 amide bonds. The second kappa shape index (κ2) is 5.05. The van der Waals surface area contributed by atoms with Crippen LogP contribution < -0.4 is 5.73 Å². The summed E-state index contributed by atoms with van der Waals surface area (Å²) in [6.07, 6.45) is 2.78. The number of thioether (sulfide) groups is 1. The second-order valence-electron chi connectivity index (χ2n) is 2.34. The lowest BCUT2D eigenvalue weighted by Crippen LogP contribution is -1.91. The molecule has 0 radical (unpaired) electrons. The first-order chi connectivity index (χ1) is 5.84. The third-order valence-electron chi connectivity index (χ3n) is 1.38. The number of rotatable bonds is 5. The van der Waals surface area contributed by atoms with Crippen molar-refractivity contribution in [3.63, 3.8) is 0 Å². The third-order valence-corrected chi connectivity index (χ3v) is 2.51. The Hall–Kier alpha value is -0.680. The number of nitrogens with zero attached hydrogens (tertiary/aromatic N) is 1. The minimum Gasteiger partial charge on any atom is -0.385 e. The number of hydrogen-bond donors (Lipinski definition) is 2. The number of methoxy groups -OCH3 is 1. The maximum absolute atomic E-state index is 5.59. The van der Waals surface area contributed by atoms with E-state index in [-0.39, 0.29) is 0 Å². The van der Waals surface area contributed by atoms with E-state index in [0.717, 1.165) is 23.7 Å². The number of nitrogens with one attached hydrogen (secondary N) is 1. The lowest BCUT2D eigenvalue weighted by molar-refractivity contribution is 0.200. The average molecular weight is 187 g/mol. The van der Waals surface area contributed by atoms with Crippen LogP contribution in [-0.2, 0) is 4.74 Å². The van der Waals surface area contributed by atoms with Crippen LogP contribution in [0.4, 0.5) is 5.82 Å². The minimum atomic E-state index is 0.650. The Kier molecular flexibility index (Phi) is 3.96. The van der Waals surface area contributed by atoms with Gasteiger partial charge in [-0.15, -0.1) is 11.8 Å². The summed E-state index contributed by atoms with van der Waals surface area (Å²) >= 11 is 1.69. The lowest BCUT2D eigenvalue weighted by atomic mass is 10.5. The Morgan fingerprint density at radius 2 is 2.58 bits per heavy atom. The third kappa shape index (κ3) is 2.75. The molecule has 5 heteroatoms. The number of nitrogen functional groups attached to an aromatic ring is 1. The van der Waals surface area contributed by atoms with Gasteiger partial charge in [-0.25, -0.2) is 0 Å². The predicted octanol–water partition coefficient (Wildman–Crippen LogP) is 1.12. The van der Waals surface area contributed by atoms with Gasteiger partial charge in [0.15, 0.2) is 0 Å². The van der Waals surface area contributed by atoms with Crippen LogP contribution in [0.3, 0.4) is 0 Å². The quantitative estimate of drug-likeness (QED) is 0.535. The van der Waals surface area contributed by atoms with Crippen LogP contribution in [0.2, 0.25) is 0 Å². The van der Waals surface area contributed by atoms with E-state index >= 15 is 0 Å². The van der Waals surface area contributed by atoms with E-state index in [9.17, 15) is 0 Å². The van der Waals surface area contributed by atoms with Crippen molar-refractivity contribution < 1.29 is 4.74 Å². The van der Waals surface area contributed by atoms with Crippen molar-refractivity contribution in [3.05, 3.63) is 6.20 Å². The van der Waals surface area contributed by atoms with Crippen LogP contribution in [0.25, 0.3) is 0 Å². The van der Waals surface area contributed by atoms with Crippen LogP contribution in [0.5, 0.6) is 0 Å². The Bertz CT molecular complexity index is 226. The number of aromatic nitrogens is 2. The molecule has 1 aromatic rings. The zero-order chi connectivity index (χ0) is 8.81. The summed E-state index contributed by atoms with van der Waals surface area (Å²) in [6, 6.07) is 0. The summed E-state index contributed by atoms with van der Waals surface area (Å²) in [4.78, 5) is 1.02. The molecule has 12 heavy (non-hydrogen) atoms. The zero-order valence-corrected chi connectivity index (χ0v) is 7.86. The van der Waals surface area contributed by atoms with Crippen LogP contribution in [0.1, 0.15) is 6.42 Å². The first-order valence-electron chi connectivity index (χ1n) is 3.75. The Balaban J connectivity index is 2.20. The Morgan fingerprint density at radius 1 is 1.75 bits per heavy atom. The summed E-state index contributed by atoms with van der Waals surface area (Å²) in [7, 11) is 1.71. The van der Waals surface area contributed by atoms with Gasteiger partial charge in [0.2, 0.25) is 0 Å². The zero-order valence-electron chi connectivity index (χ0n) is 7.04. The number of nitrogens with two attached hydrogens (primary N) is 1. The fourth-order valence-electron chi connectivity index (χ4n) is 0.785. The molecule has 0 saturated carbocycles. The lowest BCUT2D eigenvalue weighted by Gasteiger charge is -1.98. The summed E-state index contributed by atoms with van der Waals surface area (Å²) < 4.78 is 4.92. The molecule has 0 atom stereocenters. The van der Waals surface area contributed by atoms with Gasteiger partial charge in [-0.05, 0) is 6.42 Å². The predicted molar refractivity (Wildman–Crippen MR) is 50.2 cm³/mol. The first kappa shape index (κ1) is 9.41. The maximum Gasteiger partial charge on any atom is 0.132 e. The standard InChI is InChI=1S/C7H13N3OS/c1-11-3-2-4-12-6-5-9-10-7(6)8/h5H,2-4H2,1H3,(H3,8,9,10). The largest absolute Gasteiger partial charge is 0.385 e. The van der Waals surface area contributed by atoms with Gasteiger partial charge in [0, 0.05) is 19.5 Å². The topological polar surface area (TPSA) is 63.9 Å². The molecule has 0 aliphatic rings. The highest BCUT2D eigenvalue weighted by Gasteiger charge is 2.00. The van der Waals surface area contributed by atoms with Crippen molar-refractivity contribution in [1.29, 1.82) is 0 Å². The van der Waals surface area contributed by atoms with E-state index in [1.165, 1.54) is 0 Å². The molecule has 0 aromatic carbocycles. The van der Waals surface area contributed by atoms with Crippen LogP contribution in [0.15, 0.2) is 11.1 Å². The van der Waals surface area contributed by atoms with E-state index in [4.69, 9.17) is 10.5 Å². The molecule has 0 bridgehead atoms. The van der Waals surface area contributed by atoms with Gasteiger partial charge in [0.25, 0.3) is 0 Å². The second-order valence-corrected chi connectivity index (χ2v) is 3.48. The van der Waals surface area contributed by atoms with Gasteiger partial charge in [-0.1, -0.05) is 0 Å². The molecule has 0 aliphatic carbocycles. The van der Waals surface area contributed by atoms with Crippen molar-refractivity contribution in [2.45, 2.75) is 11.3 Å². The summed E-state index contributed by atoms with van der Waals surface area (Å²) in [6.45, 7) is 0.796. The molecule has 0 fully saturated rings. The number of H-pyrrole nitrogens is 1. The molecule has 4 nitrogen and oxygen atoms in total. The van der Waals surface area contributed by atoms with Gasteiger partial charge in [0.1, 0.15) is 5.82 Å². The monoisotopic (exact) mass is 187 g/mol. The van der Waals surface area contributed by atoms with E-state index in [0.29, 0.717) is 5.82 Å². The SMILES string of the molecule is COCCCSc1cn[nH]c1N. The highest BCUT2D eigenvalue weighted by molar-refractivity contribution is 7.99. The van der Waals surface area contributed by atoms with Gasteiger partial charge in [-0.3, -0.25) is 5.10 Å². The van der Waals surface area contributed by atoms with Crippen LogP contribution in [-0.4, -0.2) is 29.7 Å². The Morgan fingerprint density at radius 3 is 3.17 bits per heavy atom. The number of hydrogen-bond acceptors (Lipinski definition) is 4. The van der Waals surface area contributed by atoms with Gasteiger partial charge < -0.3 is 10.5 Å². The first-order valence-corrected chi connectivity index (χ1v) is 4.73. The van der Waals surface area contributed by atoms with Gasteiger partial charge in [-0.2, -0.15) is 5.10 Å². The van der Waals surface area contributed by atoms with Crippen LogP contribution in [0, 0.1) is 0 Å². The molecule has 0 spiro atoms. The average Bonchev–Trinajstić information content (AvgIpc) is 2.46. The van der Waals surface area contributed by atoms with Crippen molar-refractivity contribution in [1.82, 2.24) is 10.2 Å². The van der Waals surface area contributed by atoms with Gasteiger partial charge >= 0.3 is 0 Å². The molecule has 3 N–H and O–H groups in total. The van der Waals surface area contributed by atoms with Crippen molar-refractivity contribution in [3.8, 4) is 0 Å². The molecular weight excluding hydrogens is 174 g/mol. The number of aromatic amines is 1. The highest BCUT2D eigenvalue weighted by Crippen LogP contribution is 2.22. The summed E-state index contributed by atoms with van der Waals surface area (Å²) in [5.41, 5.74) is 5.59. The molecular formula is C7H13N3OS. The van der Waals surface area contributed by atoms with E-state index in [2.05, 4.69) is 10.2 Å². The number of anilines is 1. The van der Waals surface area contributed by atoms with E-state index in [1.54, 1.807) is 25.1 Å².